The van der Waals surface area contributed by atoms with Crippen molar-refractivity contribution in [1.82, 2.24) is 15.0 Å². The Morgan fingerprint density at radius 3 is 3.08 bits per heavy atom. The lowest BCUT2D eigenvalue weighted by Crippen LogP contribution is -1.86. The quantitative estimate of drug-likeness (QED) is 0.511. The first kappa shape index (κ1) is 6.71. The summed E-state index contributed by atoms with van der Waals surface area (Å²) in [6, 6.07) is 2.02. The molecule has 0 saturated heterocycles. The van der Waals surface area contributed by atoms with Crippen LogP contribution in [0.2, 0.25) is 0 Å². The normalized spacial score (nSPS) is 12.3. The van der Waals surface area contributed by atoms with Gasteiger partial charge in [-0.15, -0.1) is 0 Å². The van der Waals surface area contributed by atoms with Gasteiger partial charge in [0.2, 0.25) is 0 Å². The number of hydrogen-bond acceptors (Lipinski definition) is 3. The minimum absolute atomic E-state index is 0.890. The molecule has 0 amide bonds. The van der Waals surface area contributed by atoms with Crippen LogP contribution in [-0.2, 0) is 6.42 Å². The van der Waals surface area contributed by atoms with E-state index in [1.807, 2.05) is 18.5 Å². The van der Waals surface area contributed by atoms with Crippen molar-refractivity contribution in [1.29, 1.82) is 0 Å². The van der Waals surface area contributed by atoms with E-state index in [-0.39, 0.29) is 0 Å². The van der Waals surface area contributed by atoms with Crippen molar-refractivity contribution in [3.05, 3.63) is 42.2 Å². The van der Waals surface area contributed by atoms with Crippen molar-refractivity contribution in [3.8, 4) is 11.1 Å². The molecule has 13 heavy (non-hydrogen) atoms. The average Bonchev–Trinajstić information content (AvgIpc) is 2.56. The molecule has 0 spiro atoms. The summed E-state index contributed by atoms with van der Waals surface area (Å²) >= 11 is 0. The summed E-state index contributed by atoms with van der Waals surface area (Å²) in [7, 11) is 0. The molecule has 0 radical (unpaired) electrons. The Bertz CT molecular complexity index is 422. The summed E-state index contributed by atoms with van der Waals surface area (Å²) < 4.78 is 0. The predicted molar refractivity (Wildman–Crippen MR) is 48.1 cm³/mol. The average molecular weight is 169 g/mol. The summed E-state index contributed by atoms with van der Waals surface area (Å²) in [5.41, 5.74) is 4.74. The zero-order chi connectivity index (χ0) is 8.67. The van der Waals surface area contributed by atoms with Crippen LogP contribution in [0.1, 0.15) is 11.3 Å². The monoisotopic (exact) mass is 169 g/mol. The smallest absolute Gasteiger partial charge is 0.115 e. The van der Waals surface area contributed by atoms with Crippen molar-refractivity contribution in [2.45, 2.75) is 6.42 Å². The SMILES string of the molecule is c1cc2c(cn1)Cc1ncncc1-2. The van der Waals surface area contributed by atoms with E-state index in [1.54, 1.807) is 12.5 Å². The summed E-state index contributed by atoms with van der Waals surface area (Å²) in [6.45, 7) is 0. The number of pyridine rings is 1. The number of aromatic nitrogens is 3. The summed E-state index contributed by atoms with van der Waals surface area (Å²) in [5.74, 6) is 0. The van der Waals surface area contributed by atoms with Crippen molar-refractivity contribution >= 4 is 0 Å². The van der Waals surface area contributed by atoms with Crippen LogP contribution in [0, 0.1) is 0 Å². The first-order chi connectivity index (χ1) is 6.45. The van der Waals surface area contributed by atoms with Gasteiger partial charge in [0.1, 0.15) is 6.33 Å². The molecule has 0 aromatic carbocycles. The molecule has 3 nitrogen and oxygen atoms in total. The molecular formula is C10H7N3. The standard InChI is InChI=1S/C10H7N3/c1-2-11-4-7-3-10-9(8(1)7)5-12-6-13-10/h1-2,4-6H,3H2. The van der Waals surface area contributed by atoms with Crippen molar-refractivity contribution < 1.29 is 0 Å². The fourth-order valence-corrected chi connectivity index (χ4v) is 1.73. The molecule has 0 bridgehead atoms. The summed E-state index contributed by atoms with van der Waals surface area (Å²) in [5, 5.41) is 0. The van der Waals surface area contributed by atoms with Gasteiger partial charge in [-0.3, -0.25) is 4.98 Å². The molecule has 0 N–H and O–H groups in total. The van der Waals surface area contributed by atoms with Gasteiger partial charge in [0, 0.05) is 30.6 Å². The van der Waals surface area contributed by atoms with Crippen molar-refractivity contribution in [3.63, 3.8) is 0 Å². The molecule has 2 aromatic rings. The highest BCUT2D eigenvalue weighted by Gasteiger charge is 2.18. The van der Waals surface area contributed by atoms with Crippen molar-refractivity contribution in [2.24, 2.45) is 0 Å². The predicted octanol–water partition coefficient (Wildman–Crippen LogP) is 1.44. The fraction of sp³-hybridized carbons (Fsp3) is 0.100. The highest BCUT2D eigenvalue weighted by atomic mass is 14.8. The van der Waals surface area contributed by atoms with E-state index in [0.29, 0.717) is 0 Å². The topological polar surface area (TPSA) is 38.7 Å². The molecule has 0 aliphatic heterocycles. The van der Waals surface area contributed by atoms with Crippen LogP contribution >= 0.6 is 0 Å². The summed E-state index contributed by atoms with van der Waals surface area (Å²) in [6.07, 6.45) is 8.06. The van der Waals surface area contributed by atoms with Crippen LogP contribution in [0.4, 0.5) is 0 Å². The Labute approximate surface area is 75.5 Å². The van der Waals surface area contributed by atoms with Crippen LogP contribution in [0.25, 0.3) is 11.1 Å². The highest BCUT2D eigenvalue weighted by molar-refractivity contribution is 5.73. The highest BCUT2D eigenvalue weighted by Crippen LogP contribution is 2.33. The molecule has 0 fully saturated rings. The van der Waals surface area contributed by atoms with E-state index in [9.17, 15) is 0 Å². The zero-order valence-corrected chi connectivity index (χ0v) is 6.94. The van der Waals surface area contributed by atoms with Gasteiger partial charge >= 0.3 is 0 Å². The van der Waals surface area contributed by atoms with E-state index in [1.165, 1.54) is 11.1 Å². The molecular weight excluding hydrogens is 162 g/mol. The lowest BCUT2D eigenvalue weighted by atomic mass is 10.1. The number of fused-ring (bicyclic) bond motifs is 3. The fourth-order valence-electron chi connectivity index (χ4n) is 1.73. The Kier molecular flexibility index (Phi) is 1.22. The zero-order valence-electron chi connectivity index (χ0n) is 6.94. The largest absolute Gasteiger partial charge is 0.264 e. The van der Waals surface area contributed by atoms with Crippen molar-refractivity contribution in [2.75, 3.05) is 0 Å². The van der Waals surface area contributed by atoms with Gasteiger partial charge in [-0.2, -0.15) is 0 Å². The third-order valence-corrected chi connectivity index (χ3v) is 2.35. The van der Waals surface area contributed by atoms with Gasteiger partial charge in [0.15, 0.2) is 0 Å². The van der Waals surface area contributed by atoms with Crippen LogP contribution in [0.15, 0.2) is 31.0 Å². The van der Waals surface area contributed by atoms with Crippen LogP contribution in [0.3, 0.4) is 0 Å². The molecule has 2 heterocycles. The van der Waals surface area contributed by atoms with E-state index in [4.69, 9.17) is 0 Å². The van der Waals surface area contributed by atoms with Crippen LogP contribution in [0.5, 0.6) is 0 Å². The molecule has 0 atom stereocenters. The van der Waals surface area contributed by atoms with Crippen LogP contribution < -0.4 is 0 Å². The van der Waals surface area contributed by atoms with Gasteiger partial charge < -0.3 is 0 Å². The molecule has 3 rings (SSSR count). The molecule has 1 aliphatic rings. The maximum atomic E-state index is 4.24. The van der Waals surface area contributed by atoms with E-state index in [0.717, 1.165) is 17.7 Å². The second-order valence-electron chi connectivity index (χ2n) is 3.09. The van der Waals surface area contributed by atoms with E-state index < -0.39 is 0 Å². The molecule has 0 saturated carbocycles. The Morgan fingerprint density at radius 1 is 1.08 bits per heavy atom. The third-order valence-electron chi connectivity index (χ3n) is 2.35. The first-order valence-corrected chi connectivity index (χ1v) is 4.17. The molecule has 0 unspecified atom stereocenters. The van der Waals surface area contributed by atoms with Gasteiger partial charge in [-0.05, 0) is 17.2 Å². The molecule has 3 heteroatoms. The third kappa shape index (κ3) is 0.869. The van der Waals surface area contributed by atoms with E-state index >= 15 is 0 Å². The lowest BCUT2D eigenvalue weighted by Gasteiger charge is -1.96. The Morgan fingerprint density at radius 2 is 2.08 bits per heavy atom. The van der Waals surface area contributed by atoms with Crippen LogP contribution in [-0.4, -0.2) is 15.0 Å². The molecule has 1 aliphatic carbocycles. The number of nitrogens with zero attached hydrogens (tertiary/aromatic N) is 3. The maximum absolute atomic E-state index is 4.24. The second-order valence-corrected chi connectivity index (χ2v) is 3.09. The first-order valence-electron chi connectivity index (χ1n) is 4.17. The minimum atomic E-state index is 0.890. The Balaban J connectivity index is 2.32. The van der Waals surface area contributed by atoms with Gasteiger partial charge in [-0.1, -0.05) is 0 Å². The van der Waals surface area contributed by atoms with E-state index in [2.05, 4.69) is 15.0 Å². The second kappa shape index (κ2) is 2.36. The summed E-state index contributed by atoms with van der Waals surface area (Å²) in [4.78, 5) is 12.3. The molecule has 62 valence electrons. The maximum Gasteiger partial charge on any atom is 0.115 e. The minimum Gasteiger partial charge on any atom is -0.264 e. The number of hydrogen-bond donors (Lipinski definition) is 0. The number of rotatable bonds is 0. The van der Waals surface area contributed by atoms with Gasteiger partial charge in [0.05, 0.1) is 5.69 Å². The lowest BCUT2D eigenvalue weighted by molar-refractivity contribution is 1.06. The van der Waals surface area contributed by atoms with Gasteiger partial charge in [0.25, 0.3) is 0 Å². The Hall–Kier alpha value is -1.77. The molecule has 2 aromatic heterocycles. The van der Waals surface area contributed by atoms with Gasteiger partial charge in [-0.25, -0.2) is 9.97 Å².